The molecule has 0 amide bonds. The van der Waals surface area contributed by atoms with E-state index in [1.54, 1.807) is 0 Å². The fraction of sp³-hybridized carbons (Fsp3) is 0.529. The summed E-state index contributed by atoms with van der Waals surface area (Å²) in [5.41, 5.74) is 0.976. The minimum Gasteiger partial charge on any atom is -0.387 e. The van der Waals surface area contributed by atoms with Gasteiger partial charge >= 0.3 is 0 Å². The van der Waals surface area contributed by atoms with Gasteiger partial charge in [-0.15, -0.1) is 0 Å². The topological polar surface area (TPSA) is 65.6 Å². The van der Waals surface area contributed by atoms with Crippen LogP contribution in [-0.4, -0.2) is 57.3 Å². The van der Waals surface area contributed by atoms with Crippen molar-refractivity contribution in [1.82, 2.24) is 19.9 Å². The predicted octanol–water partition coefficient (Wildman–Crippen LogP) is 1.62. The zero-order valence-corrected chi connectivity index (χ0v) is 13.7. The Morgan fingerprint density at radius 3 is 2.74 bits per heavy atom. The highest BCUT2D eigenvalue weighted by Gasteiger charge is 2.26. The lowest BCUT2D eigenvalue weighted by molar-refractivity contribution is 0.0351. The van der Waals surface area contributed by atoms with Crippen molar-refractivity contribution in [3.63, 3.8) is 0 Å². The van der Waals surface area contributed by atoms with E-state index in [1.165, 1.54) is 0 Å². The summed E-state index contributed by atoms with van der Waals surface area (Å²) in [4.78, 5) is 8.94. The fourth-order valence-electron chi connectivity index (χ4n) is 3.09. The molecule has 1 saturated heterocycles. The van der Waals surface area contributed by atoms with Gasteiger partial charge in [-0.2, -0.15) is 4.98 Å². The predicted molar refractivity (Wildman–Crippen MR) is 86.7 cm³/mol. The highest BCUT2D eigenvalue weighted by molar-refractivity contribution is 5.17. The summed E-state index contributed by atoms with van der Waals surface area (Å²) < 4.78 is 5.02. The zero-order valence-electron chi connectivity index (χ0n) is 13.7. The quantitative estimate of drug-likeness (QED) is 0.904. The first-order valence-electron chi connectivity index (χ1n) is 8.10. The first-order valence-corrected chi connectivity index (χ1v) is 8.10. The van der Waals surface area contributed by atoms with Gasteiger partial charge in [0.2, 0.25) is 5.89 Å². The summed E-state index contributed by atoms with van der Waals surface area (Å²) in [5, 5.41) is 14.4. The van der Waals surface area contributed by atoms with Crippen LogP contribution in [0.25, 0.3) is 0 Å². The van der Waals surface area contributed by atoms with E-state index in [0.717, 1.165) is 37.6 Å². The number of piperazine rings is 1. The lowest BCUT2D eigenvalue weighted by Crippen LogP contribution is -2.52. The van der Waals surface area contributed by atoms with Gasteiger partial charge in [0.15, 0.2) is 5.82 Å². The van der Waals surface area contributed by atoms with Crippen LogP contribution in [0.5, 0.6) is 0 Å². The molecule has 0 unspecified atom stereocenters. The van der Waals surface area contributed by atoms with Crippen LogP contribution in [0.4, 0.5) is 0 Å². The second-order valence-corrected chi connectivity index (χ2v) is 6.24. The van der Waals surface area contributed by atoms with Crippen LogP contribution < -0.4 is 0 Å². The molecule has 6 heteroatoms. The summed E-state index contributed by atoms with van der Waals surface area (Å²) in [6.45, 7) is 8.21. The molecule has 6 nitrogen and oxygen atoms in total. The summed E-state index contributed by atoms with van der Waals surface area (Å²) in [5.74, 6) is 1.35. The molecule has 1 aromatic carbocycles. The Balaban J connectivity index is 1.52. The molecule has 0 saturated carbocycles. The lowest BCUT2D eigenvalue weighted by Gasteiger charge is -2.40. The number of hydrogen-bond acceptors (Lipinski definition) is 6. The second-order valence-electron chi connectivity index (χ2n) is 6.24. The number of aromatic nitrogens is 2. The van der Waals surface area contributed by atoms with Gasteiger partial charge in [-0.3, -0.25) is 9.80 Å². The van der Waals surface area contributed by atoms with Crippen molar-refractivity contribution in [1.29, 1.82) is 0 Å². The van der Waals surface area contributed by atoms with E-state index in [9.17, 15) is 5.11 Å². The smallest absolute Gasteiger partial charge is 0.223 e. The number of rotatable bonds is 5. The number of aliphatic hydroxyl groups is 1. The lowest BCUT2D eigenvalue weighted by atomic mass is 10.1. The number of β-amino-alcohol motifs (C(OH)–C–C–N with tert-alkyl or cyclic N) is 1. The van der Waals surface area contributed by atoms with Crippen LogP contribution in [0.15, 0.2) is 34.9 Å². The zero-order chi connectivity index (χ0) is 16.2. The van der Waals surface area contributed by atoms with Crippen LogP contribution in [-0.2, 0) is 6.54 Å². The molecule has 1 aliphatic heterocycles. The van der Waals surface area contributed by atoms with Crippen LogP contribution in [0.2, 0.25) is 0 Å². The van der Waals surface area contributed by atoms with Crippen LogP contribution >= 0.6 is 0 Å². The molecule has 2 aromatic rings. The highest BCUT2D eigenvalue weighted by Crippen LogP contribution is 2.18. The van der Waals surface area contributed by atoms with Crippen molar-refractivity contribution in [2.45, 2.75) is 32.5 Å². The van der Waals surface area contributed by atoms with E-state index in [2.05, 4.69) is 26.9 Å². The molecule has 1 fully saturated rings. The number of benzene rings is 1. The summed E-state index contributed by atoms with van der Waals surface area (Å²) >= 11 is 0. The van der Waals surface area contributed by atoms with Crippen molar-refractivity contribution < 1.29 is 9.63 Å². The maximum Gasteiger partial charge on any atom is 0.223 e. The second kappa shape index (κ2) is 7.21. The minimum absolute atomic E-state index is 0.384. The van der Waals surface area contributed by atoms with E-state index in [-0.39, 0.29) is 0 Å². The Kier molecular flexibility index (Phi) is 5.05. The van der Waals surface area contributed by atoms with Gasteiger partial charge in [0.05, 0.1) is 12.6 Å². The third-order valence-electron chi connectivity index (χ3n) is 4.38. The first-order chi connectivity index (χ1) is 11.1. The molecular formula is C17H24N4O2. The van der Waals surface area contributed by atoms with E-state index in [1.807, 2.05) is 37.3 Å². The molecular weight excluding hydrogens is 292 g/mol. The standard InChI is InChI=1S/C17H24N4O2/c1-13-10-20(12-17-18-14(2)23-19-17)8-9-21(13)11-16(22)15-6-4-3-5-7-15/h3-7,13,16,22H,8-12H2,1-2H3/t13-,16-/m0/s1. The van der Waals surface area contributed by atoms with Gasteiger partial charge in [-0.1, -0.05) is 35.5 Å². The van der Waals surface area contributed by atoms with Gasteiger partial charge in [0.25, 0.3) is 0 Å². The molecule has 2 heterocycles. The van der Waals surface area contributed by atoms with Crippen molar-refractivity contribution in [3.05, 3.63) is 47.6 Å². The molecule has 1 aliphatic rings. The normalized spacial score (nSPS) is 21.4. The van der Waals surface area contributed by atoms with Crippen molar-refractivity contribution in [3.8, 4) is 0 Å². The Bertz CT molecular complexity index is 616. The maximum absolute atomic E-state index is 10.4. The molecule has 0 aliphatic carbocycles. The molecule has 1 N–H and O–H groups in total. The molecule has 0 radical (unpaired) electrons. The SMILES string of the molecule is Cc1nc(CN2CCN(C[C@H](O)c3ccccc3)[C@@H](C)C2)no1. The Morgan fingerprint density at radius 2 is 2.09 bits per heavy atom. The molecule has 1 aromatic heterocycles. The van der Waals surface area contributed by atoms with Gasteiger partial charge in [0.1, 0.15) is 0 Å². The molecule has 0 bridgehead atoms. The van der Waals surface area contributed by atoms with Crippen molar-refractivity contribution >= 4 is 0 Å². The van der Waals surface area contributed by atoms with Crippen molar-refractivity contribution in [2.24, 2.45) is 0 Å². The number of aryl methyl sites for hydroxylation is 1. The highest BCUT2D eigenvalue weighted by atomic mass is 16.5. The molecule has 23 heavy (non-hydrogen) atoms. The van der Waals surface area contributed by atoms with Gasteiger partial charge in [0, 0.05) is 39.1 Å². The minimum atomic E-state index is -0.440. The molecule has 124 valence electrons. The number of hydrogen-bond donors (Lipinski definition) is 1. The first kappa shape index (κ1) is 16.1. The van der Waals surface area contributed by atoms with Gasteiger partial charge in [-0.05, 0) is 12.5 Å². The monoisotopic (exact) mass is 316 g/mol. The fourth-order valence-corrected chi connectivity index (χ4v) is 3.09. The molecule has 0 spiro atoms. The maximum atomic E-state index is 10.4. The molecule has 3 rings (SSSR count). The Morgan fingerprint density at radius 1 is 1.30 bits per heavy atom. The number of aliphatic hydroxyl groups excluding tert-OH is 1. The summed E-state index contributed by atoms with van der Waals surface area (Å²) in [6.07, 6.45) is -0.440. The van der Waals surface area contributed by atoms with E-state index >= 15 is 0 Å². The van der Waals surface area contributed by atoms with E-state index in [4.69, 9.17) is 4.52 Å². The van der Waals surface area contributed by atoms with Crippen LogP contribution in [0, 0.1) is 6.92 Å². The van der Waals surface area contributed by atoms with Gasteiger partial charge < -0.3 is 9.63 Å². The Labute approximate surface area is 136 Å². The third-order valence-corrected chi connectivity index (χ3v) is 4.38. The van der Waals surface area contributed by atoms with Crippen LogP contribution in [0.3, 0.4) is 0 Å². The number of nitrogens with zero attached hydrogens (tertiary/aromatic N) is 4. The largest absolute Gasteiger partial charge is 0.387 e. The summed E-state index contributed by atoms with van der Waals surface area (Å²) in [7, 11) is 0. The van der Waals surface area contributed by atoms with E-state index < -0.39 is 6.10 Å². The Hall–Kier alpha value is -1.76. The average Bonchev–Trinajstić information content (AvgIpc) is 2.96. The van der Waals surface area contributed by atoms with Crippen LogP contribution in [0.1, 0.15) is 30.3 Å². The average molecular weight is 316 g/mol. The van der Waals surface area contributed by atoms with E-state index in [0.29, 0.717) is 18.5 Å². The molecule has 2 atom stereocenters. The van der Waals surface area contributed by atoms with Crippen molar-refractivity contribution in [2.75, 3.05) is 26.2 Å². The summed E-state index contributed by atoms with van der Waals surface area (Å²) in [6, 6.07) is 10.2. The third kappa shape index (κ3) is 4.16. The van der Waals surface area contributed by atoms with Gasteiger partial charge in [-0.25, -0.2) is 0 Å².